The molecule has 1 aliphatic rings. The zero-order chi connectivity index (χ0) is 20.5. The van der Waals surface area contributed by atoms with Crippen LogP contribution < -0.4 is 15.5 Å². The van der Waals surface area contributed by atoms with E-state index < -0.39 is 0 Å². The molecule has 6 heteroatoms. The van der Waals surface area contributed by atoms with Crippen LogP contribution in [0, 0.1) is 0 Å². The van der Waals surface area contributed by atoms with E-state index in [0.717, 1.165) is 25.6 Å². The zero-order valence-corrected chi connectivity index (χ0v) is 20.9. The number of hydrogen-bond acceptors (Lipinski definition) is 3. The molecule has 0 unspecified atom stereocenters. The Morgan fingerprint density at radius 2 is 1.53 bits per heavy atom. The highest BCUT2D eigenvalue weighted by Crippen LogP contribution is 2.14. The molecule has 0 amide bonds. The lowest BCUT2D eigenvalue weighted by molar-refractivity contribution is 0.221. The van der Waals surface area contributed by atoms with E-state index in [1.165, 1.54) is 54.7 Å². The van der Waals surface area contributed by atoms with Gasteiger partial charge in [-0.2, -0.15) is 0 Å². The van der Waals surface area contributed by atoms with Crippen LogP contribution in [0.5, 0.6) is 0 Å². The van der Waals surface area contributed by atoms with Crippen molar-refractivity contribution in [1.82, 2.24) is 15.5 Å². The SMILES string of the molecule is CN=C(NCc1ccc(CN2CCCCC2)cc1)NCc1cccc(N(C)C)c1.I. The summed E-state index contributed by atoms with van der Waals surface area (Å²) in [4.78, 5) is 9.03. The molecule has 1 heterocycles. The van der Waals surface area contributed by atoms with Crippen molar-refractivity contribution in [1.29, 1.82) is 0 Å². The third kappa shape index (κ3) is 7.80. The van der Waals surface area contributed by atoms with Crippen molar-refractivity contribution >= 4 is 35.6 Å². The van der Waals surface area contributed by atoms with Gasteiger partial charge in [0.15, 0.2) is 5.96 Å². The maximum absolute atomic E-state index is 4.35. The minimum atomic E-state index is 0. The van der Waals surface area contributed by atoms with E-state index in [2.05, 4.69) is 88.1 Å². The predicted octanol–water partition coefficient (Wildman–Crippen LogP) is 4.22. The number of likely N-dealkylation sites (tertiary alicyclic amines) is 1. The van der Waals surface area contributed by atoms with Gasteiger partial charge in [-0.3, -0.25) is 9.89 Å². The lowest BCUT2D eigenvalue weighted by Crippen LogP contribution is -2.36. The molecule has 0 atom stereocenters. The molecule has 1 fully saturated rings. The Bertz CT molecular complexity index is 782. The van der Waals surface area contributed by atoms with Gasteiger partial charge >= 0.3 is 0 Å². The number of nitrogens with zero attached hydrogens (tertiary/aromatic N) is 3. The molecule has 30 heavy (non-hydrogen) atoms. The van der Waals surface area contributed by atoms with Crippen LogP contribution in [0.15, 0.2) is 53.5 Å². The van der Waals surface area contributed by atoms with Gasteiger partial charge in [0.05, 0.1) is 0 Å². The molecule has 3 rings (SSSR count). The summed E-state index contributed by atoms with van der Waals surface area (Å²) in [7, 11) is 5.93. The van der Waals surface area contributed by atoms with Crippen molar-refractivity contribution in [3.8, 4) is 0 Å². The monoisotopic (exact) mass is 521 g/mol. The number of rotatable bonds is 7. The number of guanidine groups is 1. The maximum atomic E-state index is 4.35. The first kappa shape index (κ1) is 24.5. The summed E-state index contributed by atoms with van der Waals surface area (Å²) >= 11 is 0. The molecule has 5 nitrogen and oxygen atoms in total. The van der Waals surface area contributed by atoms with Gasteiger partial charge in [0.2, 0.25) is 0 Å². The van der Waals surface area contributed by atoms with Gasteiger partial charge in [-0.1, -0.05) is 42.8 Å². The molecule has 1 saturated heterocycles. The summed E-state index contributed by atoms with van der Waals surface area (Å²) in [6.45, 7) is 5.06. The van der Waals surface area contributed by atoms with E-state index in [1.807, 2.05) is 7.05 Å². The second-order valence-electron chi connectivity index (χ2n) is 8.00. The zero-order valence-electron chi connectivity index (χ0n) is 18.5. The van der Waals surface area contributed by atoms with E-state index in [1.54, 1.807) is 0 Å². The maximum Gasteiger partial charge on any atom is 0.191 e. The van der Waals surface area contributed by atoms with E-state index in [-0.39, 0.29) is 24.0 Å². The van der Waals surface area contributed by atoms with Crippen LogP contribution >= 0.6 is 24.0 Å². The van der Waals surface area contributed by atoms with E-state index in [4.69, 9.17) is 0 Å². The van der Waals surface area contributed by atoms with Gasteiger partial charge in [0.1, 0.15) is 0 Å². The Morgan fingerprint density at radius 1 is 0.900 bits per heavy atom. The van der Waals surface area contributed by atoms with Crippen LogP contribution in [-0.2, 0) is 19.6 Å². The largest absolute Gasteiger partial charge is 0.378 e. The summed E-state index contributed by atoms with van der Waals surface area (Å²) in [6, 6.07) is 17.5. The number of anilines is 1. The van der Waals surface area contributed by atoms with Crippen LogP contribution in [0.3, 0.4) is 0 Å². The molecule has 0 saturated carbocycles. The molecule has 0 bridgehead atoms. The Balaban J connectivity index is 0.00000320. The highest BCUT2D eigenvalue weighted by Gasteiger charge is 2.10. The van der Waals surface area contributed by atoms with E-state index in [0.29, 0.717) is 0 Å². The Kier molecular flexibility index (Phi) is 10.4. The molecule has 2 aromatic carbocycles. The van der Waals surface area contributed by atoms with Crippen molar-refractivity contribution in [3.05, 3.63) is 65.2 Å². The first-order chi connectivity index (χ1) is 14.1. The van der Waals surface area contributed by atoms with Gasteiger partial charge in [-0.05, 0) is 54.8 Å². The van der Waals surface area contributed by atoms with Gasteiger partial charge in [-0.25, -0.2) is 0 Å². The van der Waals surface area contributed by atoms with Crippen molar-refractivity contribution in [3.63, 3.8) is 0 Å². The molecule has 0 spiro atoms. The van der Waals surface area contributed by atoms with Crippen LogP contribution in [0.1, 0.15) is 36.0 Å². The Morgan fingerprint density at radius 3 is 2.17 bits per heavy atom. The molecule has 0 radical (unpaired) electrons. The second-order valence-corrected chi connectivity index (χ2v) is 8.00. The summed E-state index contributed by atoms with van der Waals surface area (Å²) in [5.74, 6) is 0.817. The van der Waals surface area contributed by atoms with Crippen molar-refractivity contribution < 1.29 is 0 Å². The van der Waals surface area contributed by atoms with Gasteiger partial charge in [0.25, 0.3) is 0 Å². The lowest BCUT2D eigenvalue weighted by Gasteiger charge is -2.26. The van der Waals surface area contributed by atoms with Gasteiger partial charge < -0.3 is 15.5 Å². The minimum Gasteiger partial charge on any atom is -0.378 e. The Labute approximate surface area is 199 Å². The smallest absolute Gasteiger partial charge is 0.191 e. The normalized spacial score (nSPS) is 14.7. The second kappa shape index (κ2) is 12.8. The van der Waals surface area contributed by atoms with Crippen LogP contribution in [0.25, 0.3) is 0 Å². The van der Waals surface area contributed by atoms with Crippen LogP contribution in [0.2, 0.25) is 0 Å². The lowest BCUT2D eigenvalue weighted by atomic mass is 10.1. The number of hydrogen-bond donors (Lipinski definition) is 2. The average molecular weight is 521 g/mol. The quantitative estimate of drug-likeness (QED) is 0.326. The third-order valence-corrected chi connectivity index (χ3v) is 5.45. The standard InChI is InChI=1S/C24H35N5.HI/c1-25-24(27-18-22-8-7-9-23(16-22)28(2)3)26-17-20-10-12-21(13-11-20)19-29-14-5-4-6-15-29;/h7-13,16H,4-6,14-15,17-19H2,1-3H3,(H2,25,26,27);1H. The van der Waals surface area contributed by atoms with Crippen molar-refractivity contribution in [2.75, 3.05) is 39.1 Å². The molecule has 0 aromatic heterocycles. The molecular formula is C24H36IN5. The molecule has 2 aromatic rings. The average Bonchev–Trinajstić information content (AvgIpc) is 2.76. The molecule has 1 aliphatic heterocycles. The summed E-state index contributed by atoms with van der Waals surface area (Å²) in [5, 5.41) is 6.81. The third-order valence-electron chi connectivity index (χ3n) is 5.45. The molecular weight excluding hydrogens is 485 g/mol. The first-order valence-electron chi connectivity index (χ1n) is 10.6. The molecule has 0 aliphatic carbocycles. The summed E-state index contributed by atoms with van der Waals surface area (Å²) < 4.78 is 0. The van der Waals surface area contributed by atoms with E-state index in [9.17, 15) is 0 Å². The summed E-state index contributed by atoms with van der Waals surface area (Å²) in [6.07, 6.45) is 4.07. The van der Waals surface area contributed by atoms with Crippen molar-refractivity contribution in [2.45, 2.75) is 38.9 Å². The minimum absolute atomic E-state index is 0. The first-order valence-corrected chi connectivity index (χ1v) is 10.6. The van der Waals surface area contributed by atoms with E-state index >= 15 is 0 Å². The number of nitrogens with one attached hydrogen (secondary N) is 2. The highest BCUT2D eigenvalue weighted by molar-refractivity contribution is 14.0. The predicted molar refractivity (Wildman–Crippen MR) is 139 cm³/mol. The topological polar surface area (TPSA) is 42.9 Å². The van der Waals surface area contributed by atoms with Crippen LogP contribution in [0.4, 0.5) is 5.69 Å². The van der Waals surface area contributed by atoms with Crippen molar-refractivity contribution in [2.24, 2.45) is 4.99 Å². The highest BCUT2D eigenvalue weighted by atomic mass is 127. The fourth-order valence-electron chi connectivity index (χ4n) is 3.68. The van der Waals surface area contributed by atoms with Crippen LogP contribution in [-0.4, -0.2) is 45.1 Å². The number of aliphatic imine (C=N–C) groups is 1. The molecule has 2 N–H and O–H groups in total. The summed E-state index contributed by atoms with van der Waals surface area (Å²) in [5.41, 5.74) is 5.11. The van der Waals surface area contributed by atoms with Gasteiger partial charge in [-0.15, -0.1) is 24.0 Å². The molecule has 164 valence electrons. The fourth-order valence-corrected chi connectivity index (χ4v) is 3.68. The van der Waals surface area contributed by atoms with Gasteiger partial charge in [0, 0.05) is 46.5 Å². The number of halogens is 1. The number of piperidine rings is 1. The number of benzene rings is 2. The Hall–Kier alpha value is -1.80. The fraction of sp³-hybridized carbons (Fsp3) is 0.458.